The van der Waals surface area contributed by atoms with Gasteiger partial charge in [-0.05, 0) is 32.1 Å². The molecule has 2 aliphatic rings. The summed E-state index contributed by atoms with van der Waals surface area (Å²) in [4.78, 5) is 4.68. The third kappa shape index (κ3) is 2.61. The lowest BCUT2D eigenvalue weighted by Gasteiger charge is -2.27. The molecule has 0 aliphatic heterocycles. The molecule has 3 rings (SSSR count). The fraction of sp³-hybridized carbons (Fsp3) is 0.867. The van der Waals surface area contributed by atoms with Crippen LogP contribution in [0.4, 0.5) is 0 Å². The summed E-state index contributed by atoms with van der Waals surface area (Å²) in [6.07, 6.45) is 9.94. The lowest BCUT2D eigenvalue weighted by atomic mass is 9.93. The van der Waals surface area contributed by atoms with Crippen LogP contribution in [0.1, 0.15) is 75.4 Å². The van der Waals surface area contributed by atoms with Gasteiger partial charge in [-0.15, -0.1) is 0 Å². The molecule has 0 amide bonds. The Morgan fingerprint density at radius 3 is 2.55 bits per heavy atom. The van der Waals surface area contributed by atoms with Crippen LogP contribution in [0.15, 0.2) is 4.52 Å². The monoisotopic (exact) mass is 279 g/mol. The molecule has 5 heteroatoms. The minimum Gasteiger partial charge on any atom is -0.370 e. The molecule has 0 spiro atoms. The molecule has 0 aromatic carbocycles. The van der Waals surface area contributed by atoms with Crippen LogP contribution in [-0.2, 0) is 10.3 Å². The van der Waals surface area contributed by atoms with E-state index in [0.29, 0.717) is 5.92 Å². The molecule has 2 saturated carbocycles. The van der Waals surface area contributed by atoms with Gasteiger partial charge in [0.25, 0.3) is 0 Å². The highest BCUT2D eigenvalue weighted by atomic mass is 16.5. The number of ether oxygens (including phenoxy) is 1. The number of nitrogens with two attached hydrogens (primary N) is 1. The van der Waals surface area contributed by atoms with Crippen molar-refractivity contribution in [3.63, 3.8) is 0 Å². The first kappa shape index (κ1) is 14.0. The molecule has 1 aromatic heterocycles. The van der Waals surface area contributed by atoms with Crippen LogP contribution in [0.5, 0.6) is 0 Å². The predicted molar refractivity (Wildman–Crippen MR) is 75.3 cm³/mol. The summed E-state index contributed by atoms with van der Waals surface area (Å²) in [6, 6.07) is 0.282. The van der Waals surface area contributed by atoms with E-state index < -0.39 is 0 Å². The maximum absolute atomic E-state index is 5.97. The van der Waals surface area contributed by atoms with Gasteiger partial charge in [0.1, 0.15) is 5.60 Å². The van der Waals surface area contributed by atoms with Crippen LogP contribution in [0.3, 0.4) is 0 Å². The standard InChI is InChI=1S/C15H25N3O2/c1-19-15(8-4-2-3-5-9-15)14-17-13(20-18-14)11-6-7-12(16)10-11/h11-12H,2-10,16H2,1H3/t11-,12+/m1/s1. The second kappa shape index (κ2) is 5.82. The molecule has 2 atom stereocenters. The van der Waals surface area contributed by atoms with Crippen molar-refractivity contribution in [3.05, 3.63) is 11.7 Å². The number of hydrogen-bond acceptors (Lipinski definition) is 5. The van der Waals surface area contributed by atoms with E-state index in [9.17, 15) is 0 Å². The van der Waals surface area contributed by atoms with Gasteiger partial charge >= 0.3 is 0 Å². The first-order valence-corrected chi connectivity index (χ1v) is 7.88. The Morgan fingerprint density at radius 1 is 1.20 bits per heavy atom. The van der Waals surface area contributed by atoms with Gasteiger partial charge in [0, 0.05) is 19.1 Å². The highest BCUT2D eigenvalue weighted by Crippen LogP contribution is 2.39. The fourth-order valence-corrected chi connectivity index (χ4v) is 3.65. The van der Waals surface area contributed by atoms with E-state index in [-0.39, 0.29) is 11.6 Å². The third-order valence-electron chi connectivity index (χ3n) is 4.97. The first-order chi connectivity index (χ1) is 9.73. The van der Waals surface area contributed by atoms with Gasteiger partial charge in [0.05, 0.1) is 0 Å². The molecule has 0 radical (unpaired) electrons. The summed E-state index contributed by atoms with van der Waals surface area (Å²) in [6.45, 7) is 0. The minimum absolute atomic E-state index is 0.282. The van der Waals surface area contributed by atoms with Crippen LogP contribution < -0.4 is 5.73 Å². The van der Waals surface area contributed by atoms with Gasteiger partial charge in [-0.2, -0.15) is 4.98 Å². The number of rotatable bonds is 3. The van der Waals surface area contributed by atoms with Crippen molar-refractivity contribution in [1.29, 1.82) is 0 Å². The summed E-state index contributed by atoms with van der Waals surface area (Å²) in [5, 5.41) is 4.24. The molecule has 112 valence electrons. The summed E-state index contributed by atoms with van der Waals surface area (Å²) in [5.74, 6) is 1.84. The van der Waals surface area contributed by atoms with E-state index in [1.807, 2.05) is 0 Å². The zero-order valence-electron chi connectivity index (χ0n) is 12.3. The van der Waals surface area contributed by atoms with Crippen LogP contribution in [0, 0.1) is 0 Å². The van der Waals surface area contributed by atoms with Gasteiger partial charge in [0.2, 0.25) is 11.7 Å². The third-order valence-corrected chi connectivity index (χ3v) is 4.97. The number of methoxy groups -OCH3 is 1. The summed E-state index contributed by atoms with van der Waals surface area (Å²) in [7, 11) is 1.77. The van der Waals surface area contributed by atoms with Crippen molar-refractivity contribution in [3.8, 4) is 0 Å². The Balaban J connectivity index is 1.80. The number of nitrogens with zero attached hydrogens (tertiary/aromatic N) is 2. The molecule has 1 aromatic rings. The SMILES string of the molecule is COC1(c2noc([C@@H]3CC[C@H](N)C3)n2)CCCCCC1. The molecule has 2 aliphatic carbocycles. The van der Waals surface area contributed by atoms with E-state index in [1.54, 1.807) is 7.11 Å². The topological polar surface area (TPSA) is 74.2 Å². The maximum atomic E-state index is 5.97. The van der Waals surface area contributed by atoms with E-state index in [4.69, 9.17) is 15.0 Å². The van der Waals surface area contributed by atoms with E-state index in [0.717, 1.165) is 43.8 Å². The van der Waals surface area contributed by atoms with Crippen molar-refractivity contribution >= 4 is 0 Å². The summed E-state index contributed by atoms with van der Waals surface area (Å²) in [5.41, 5.74) is 5.64. The Labute approximate surface area is 120 Å². The average Bonchev–Trinajstić information content (AvgIpc) is 3.03. The molecular weight excluding hydrogens is 254 g/mol. The highest BCUT2D eigenvalue weighted by molar-refractivity contribution is 5.06. The number of aromatic nitrogens is 2. The van der Waals surface area contributed by atoms with Crippen LogP contribution in [0.2, 0.25) is 0 Å². The van der Waals surface area contributed by atoms with E-state index >= 15 is 0 Å². The molecule has 20 heavy (non-hydrogen) atoms. The minimum atomic E-state index is -0.334. The molecular formula is C15H25N3O2. The van der Waals surface area contributed by atoms with E-state index in [2.05, 4.69) is 10.1 Å². The van der Waals surface area contributed by atoms with Crippen LogP contribution in [-0.4, -0.2) is 23.3 Å². The largest absolute Gasteiger partial charge is 0.370 e. The van der Waals surface area contributed by atoms with Gasteiger partial charge in [-0.25, -0.2) is 0 Å². The summed E-state index contributed by atoms with van der Waals surface area (Å²) >= 11 is 0. The second-order valence-corrected chi connectivity index (χ2v) is 6.34. The van der Waals surface area contributed by atoms with Crippen molar-refractivity contribution < 1.29 is 9.26 Å². The van der Waals surface area contributed by atoms with Gasteiger partial charge < -0.3 is 15.0 Å². The van der Waals surface area contributed by atoms with Crippen molar-refractivity contribution in [2.24, 2.45) is 5.73 Å². The van der Waals surface area contributed by atoms with E-state index in [1.165, 1.54) is 25.7 Å². The molecule has 2 N–H and O–H groups in total. The average molecular weight is 279 g/mol. The Morgan fingerprint density at radius 2 is 1.95 bits per heavy atom. The summed E-state index contributed by atoms with van der Waals surface area (Å²) < 4.78 is 11.4. The fourth-order valence-electron chi connectivity index (χ4n) is 3.65. The predicted octanol–water partition coefficient (Wildman–Crippen LogP) is 2.86. The quantitative estimate of drug-likeness (QED) is 0.861. The van der Waals surface area contributed by atoms with Gasteiger partial charge in [-0.3, -0.25) is 0 Å². The van der Waals surface area contributed by atoms with Crippen LogP contribution in [0.25, 0.3) is 0 Å². The lowest BCUT2D eigenvalue weighted by molar-refractivity contribution is -0.0365. The van der Waals surface area contributed by atoms with Gasteiger partial charge in [0.15, 0.2) is 0 Å². The van der Waals surface area contributed by atoms with Gasteiger partial charge in [-0.1, -0.05) is 30.8 Å². The lowest BCUT2D eigenvalue weighted by Crippen LogP contribution is -2.29. The normalized spacial score (nSPS) is 30.3. The Hall–Kier alpha value is -0.940. The molecule has 1 heterocycles. The van der Waals surface area contributed by atoms with Crippen molar-refractivity contribution in [1.82, 2.24) is 10.1 Å². The Bertz CT molecular complexity index is 438. The zero-order chi connectivity index (χ0) is 14.0. The highest BCUT2D eigenvalue weighted by Gasteiger charge is 2.38. The number of hydrogen-bond donors (Lipinski definition) is 1. The van der Waals surface area contributed by atoms with Crippen molar-refractivity contribution in [2.45, 2.75) is 75.3 Å². The maximum Gasteiger partial charge on any atom is 0.229 e. The smallest absolute Gasteiger partial charge is 0.229 e. The molecule has 0 unspecified atom stereocenters. The zero-order valence-corrected chi connectivity index (χ0v) is 12.3. The molecule has 2 fully saturated rings. The molecule has 0 bridgehead atoms. The second-order valence-electron chi connectivity index (χ2n) is 6.34. The first-order valence-electron chi connectivity index (χ1n) is 7.88. The molecule has 5 nitrogen and oxygen atoms in total. The van der Waals surface area contributed by atoms with Crippen LogP contribution >= 0.6 is 0 Å². The molecule has 0 saturated heterocycles. The Kier molecular flexibility index (Phi) is 4.08. The van der Waals surface area contributed by atoms with Crippen molar-refractivity contribution in [2.75, 3.05) is 7.11 Å².